The molecule has 1 aliphatic rings. The number of nitrogens with one attached hydrogen (secondary N) is 1. The topological polar surface area (TPSA) is 49.4 Å². The first kappa shape index (κ1) is 13.3. The summed E-state index contributed by atoms with van der Waals surface area (Å²) in [6, 6.07) is 7.43. The molecule has 0 bridgehead atoms. The largest absolute Gasteiger partial charge is 0.341 e. The molecule has 1 aliphatic heterocycles. The van der Waals surface area contributed by atoms with Crippen LogP contribution in [-0.2, 0) is 16.0 Å². The van der Waals surface area contributed by atoms with E-state index in [0.29, 0.717) is 0 Å². The smallest absolute Gasteiger partial charge is 0.249 e. The lowest BCUT2D eigenvalue weighted by atomic mass is 10.1. The van der Waals surface area contributed by atoms with Gasteiger partial charge in [0.15, 0.2) is 0 Å². The fourth-order valence-electron chi connectivity index (χ4n) is 2.44. The van der Waals surface area contributed by atoms with Gasteiger partial charge in [-0.15, -0.1) is 0 Å². The number of nitrogens with zero attached hydrogens (tertiary/aromatic N) is 1. The van der Waals surface area contributed by atoms with Gasteiger partial charge in [0.2, 0.25) is 11.8 Å². The Balaban J connectivity index is 2.19. The summed E-state index contributed by atoms with van der Waals surface area (Å²) in [4.78, 5) is 25.5. The van der Waals surface area contributed by atoms with Crippen molar-refractivity contribution in [2.45, 2.75) is 32.4 Å². The van der Waals surface area contributed by atoms with Crippen LogP contribution < -0.4 is 10.2 Å². The van der Waals surface area contributed by atoms with E-state index >= 15 is 0 Å². The van der Waals surface area contributed by atoms with Crippen molar-refractivity contribution >= 4 is 17.5 Å². The van der Waals surface area contributed by atoms with E-state index in [1.54, 1.807) is 11.8 Å². The second-order valence-electron chi connectivity index (χ2n) is 4.82. The Hall–Kier alpha value is -2.10. The van der Waals surface area contributed by atoms with Gasteiger partial charge < -0.3 is 10.2 Å². The molecule has 2 rings (SSSR count). The number of carbonyl (C=O) groups excluding carboxylic acids is 2. The predicted molar refractivity (Wildman–Crippen MR) is 74.9 cm³/mol. The zero-order valence-corrected chi connectivity index (χ0v) is 11.2. The van der Waals surface area contributed by atoms with Crippen LogP contribution in [0.2, 0.25) is 0 Å². The number of amides is 2. The average molecular weight is 258 g/mol. The molecule has 2 atom stereocenters. The van der Waals surface area contributed by atoms with E-state index < -0.39 is 6.04 Å². The second-order valence-corrected chi connectivity index (χ2v) is 4.82. The maximum absolute atomic E-state index is 12.4. The highest BCUT2D eigenvalue weighted by Gasteiger charge is 2.33. The van der Waals surface area contributed by atoms with Crippen molar-refractivity contribution in [2.24, 2.45) is 0 Å². The molecular formula is C15H18N2O2. The number of para-hydroxylation sites is 1. The van der Waals surface area contributed by atoms with Crippen LogP contribution in [0.15, 0.2) is 36.9 Å². The van der Waals surface area contributed by atoms with Crippen LogP contribution in [-0.4, -0.2) is 23.9 Å². The van der Waals surface area contributed by atoms with Crippen molar-refractivity contribution in [3.63, 3.8) is 0 Å². The van der Waals surface area contributed by atoms with E-state index in [1.165, 1.54) is 11.6 Å². The molecule has 2 amide bonds. The molecule has 1 N–H and O–H groups in total. The van der Waals surface area contributed by atoms with E-state index in [1.807, 2.05) is 31.2 Å². The summed E-state index contributed by atoms with van der Waals surface area (Å²) >= 11 is 0. The maximum Gasteiger partial charge on any atom is 0.249 e. The van der Waals surface area contributed by atoms with E-state index in [9.17, 15) is 9.59 Å². The minimum atomic E-state index is -0.556. The van der Waals surface area contributed by atoms with Crippen molar-refractivity contribution in [1.82, 2.24) is 5.32 Å². The first-order valence-corrected chi connectivity index (χ1v) is 6.38. The third-order valence-electron chi connectivity index (χ3n) is 3.36. The number of hydrogen-bond donors (Lipinski definition) is 1. The van der Waals surface area contributed by atoms with Gasteiger partial charge in [-0.1, -0.05) is 24.8 Å². The molecule has 1 heterocycles. The Morgan fingerprint density at radius 3 is 2.84 bits per heavy atom. The molecular weight excluding hydrogens is 240 g/mol. The Labute approximate surface area is 113 Å². The molecule has 4 heteroatoms. The van der Waals surface area contributed by atoms with Gasteiger partial charge in [-0.05, 0) is 38.0 Å². The van der Waals surface area contributed by atoms with Crippen LogP contribution in [0.3, 0.4) is 0 Å². The van der Waals surface area contributed by atoms with E-state index in [0.717, 1.165) is 12.1 Å². The summed E-state index contributed by atoms with van der Waals surface area (Å²) in [5.41, 5.74) is 2.12. The second kappa shape index (κ2) is 5.26. The van der Waals surface area contributed by atoms with Crippen LogP contribution in [0.25, 0.3) is 0 Å². The SMILES string of the molecule is C=CC(=O)NC(C)C(=O)N1c2ccccc2CC1C. The molecule has 2 unspecified atom stereocenters. The van der Waals surface area contributed by atoms with Crippen LogP contribution in [0.5, 0.6) is 0 Å². The molecule has 100 valence electrons. The summed E-state index contributed by atoms with van der Waals surface area (Å²) < 4.78 is 0. The fourth-order valence-corrected chi connectivity index (χ4v) is 2.44. The molecule has 0 radical (unpaired) electrons. The minimum absolute atomic E-state index is 0.0901. The fraction of sp³-hybridized carbons (Fsp3) is 0.333. The van der Waals surface area contributed by atoms with Crippen LogP contribution in [0, 0.1) is 0 Å². The molecule has 0 spiro atoms. The Morgan fingerprint density at radius 2 is 2.16 bits per heavy atom. The first-order valence-electron chi connectivity index (χ1n) is 6.38. The van der Waals surface area contributed by atoms with Crippen LogP contribution in [0.4, 0.5) is 5.69 Å². The van der Waals surface area contributed by atoms with E-state index in [4.69, 9.17) is 0 Å². The minimum Gasteiger partial charge on any atom is -0.341 e. The van der Waals surface area contributed by atoms with Gasteiger partial charge in [0.25, 0.3) is 0 Å². The third-order valence-corrected chi connectivity index (χ3v) is 3.36. The van der Waals surface area contributed by atoms with Crippen LogP contribution in [0.1, 0.15) is 19.4 Å². The lowest BCUT2D eigenvalue weighted by Gasteiger charge is -2.26. The van der Waals surface area contributed by atoms with E-state index in [-0.39, 0.29) is 17.9 Å². The molecule has 0 aliphatic carbocycles. The van der Waals surface area contributed by atoms with Crippen molar-refractivity contribution in [1.29, 1.82) is 0 Å². The van der Waals surface area contributed by atoms with Crippen molar-refractivity contribution in [2.75, 3.05) is 4.90 Å². The van der Waals surface area contributed by atoms with Gasteiger partial charge in [0, 0.05) is 11.7 Å². The third kappa shape index (κ3) is 2.52. The van der Waals surface area contributed by atoms with Gasteiger partial charge in [0.1, 0.15) is 6.04 Å². The Bertz CT molecular complexity index is 525. The summed E-state index contributed by atoms with van der Waals surface area (Å²) in [6.45, 7) is 7.09. The molecule has 1 aromatic carbocycles. The van der Waals surface area contributed by atoms with Crippen molar-refractivity contribution in [3.8, 4) is 0 Å². The molecule has 0 saturated heterocycles. The highest BCUT2D eigenvalue weighted by molar-refractivity contribution is 6.02. The number of rotatable bonds is 3. The summed E-state index contributed by atoms with van der Waals surface area (Å²) in [5, 5.41) is 2.61. The van der Waals surface area contributed by atoms with E-state index in [2.05, 4.69) is 11.9 Å². The normalized spacial score (nSPS) is 18.6. The van der Waals surface area contributed by atoms with Gasteiger partial charge >= 0.3 is 0 Å². The summed E-state index contributed by atoms with van der Waals surface area (Å²) in [5.74, 6) is -0.423. The zero-order chi connectivity index (χ0) is 14.0. The number of carbonyl (C=O) groups is 2. The molecule has 0 fully saturated rings. The first-order chi connectivity index (χ1) is 9.04. The van der Waals surface area contributed by atoms with Gasteiger partial charge in [-0.2, -0.15) is 0 Å². The van der Waals surface area contributed by atoms with Gasteiger partial charge in [-0.3, -0.25) is 9.59 Å². The quantitative estimate of drug-likeness (QED) is 0.838. The van der Waals surface area contributed by atoms with Crippen molar-refractivity contribution in [3.05, 3.63) is 42.5 Å². The lowest BCUT2D eigenvalue weighted by Crippen LogP contribution is -2.48. The average Bonchev–Trinajstić information content (AvgIpc) is 2.73. The molecule has 0 aromatic heterocycles. The number of fused-ring (bicyclic) bond motifs is 1. The maximum atomic E-state index is 12.4. The van der Waals surface area contributed by atoms with Crippen molar-refractivity contribution < 1.29 is 9.59 Å². The Morgan fingerprint density at radius 1 is 1.47 bits per heavy atom. The standard InChI is InChI=1S/C15H18N2O2/c1-4-14(18)16-11(3)15(19)17-10(2)9-12-7-5-6-8-13(12)17/h4-8,10-11H,1,9H2,2-3H3,(H,16,18). The highest BCUT2D eigenvalue weighted by atomic mass is 16.2. The van der Waals surface area contributed by atoms with Gasteiger partial charge in [0.05, 0.1) is 0 Å². The molecule has 19 heavy (non-hydrogen) atoms. The lowest BCUT2D eigenvalue weighted by molar-refractivity contribution is -0.125. The monoisotopic (exact) mass is 258 g/mol. The van der Waals surface area contributed by atoms with Gasteiger partial charge in [-0.25, -0.2) is 0 Å². The zero-order valence-electron chi connectivity index (χ0n) is 11.2. The number of benzene rings is 1. The Kier molecular flexibility index (Phi) is 3.69. The predicted octanol–water partition coefficient (Wildman–Crippen LogP) is 1.65. The summed E-state index contributed by atoms with van der Waals surface area (Å²) in [6.07, 6.45) is 2.02. The molecule has 0 saturated carbocycles. The summed E-state index contributed by atoms with van der Waals surface area (Å²) in [7, 11) is 0. The highest BCUT2D eigenvalue weighted by Crippen LogP contribution is 2.32. The number of hydrogen-bond acceptors (Lipinski definition) is 2. The molecule has 1 aromatic rings. The number of anilines is 1. The molecule has 4 nitrogen and oxygen atoms in total. The van der Waals surface area contributed by atoms with Crippen LogP contribution >= 0.6 is 0 Å².